The van der Waals surface area contributed by atoms with Crippen molar-refractivity contribution in [3.05, 3.63) is 60.7 Å². The highest BCUT2D eigenvalue weighted by molar-refractivity contribution is 7.84. The molecule has 0 fully saturated rings. The molecule has 0 aliphatic rings. The molecule has 0 aliphatic carbocycles. The molecule has 25 heavy (non-hydrogen) atoms. The summed E-state index contributed by atoms with van der Waals surface area (Å²) in [6, 6.07) is 21.7. The third-order valence-corrected chi connectivity index (χ3v) is 8.37. The van der Waals surface area contributed by atoms with Crippen LogP contribution in [0, 0.1) is 5.92 Å². The van der Waals surface area contributed by atoms with Crippen LogP contribution < -0.4 is 15.3 Å². The molecule has 0 spiro atoms. The van der Waals surface area contributed by atoms with E-state index in [0.29, 0.717) is 5.92 Å². The van der Waals surface area contributed by atoms with Gasteiger partial charge in [-0.25, -0.2) is 8.93 Å². The predicted molar refractivity (Wildman–Crippen MR) is 114 cm³/mol. The van der Waals surface area contributed by atoms with Gasteiger partial charge in [0.15, 0.2) is 0 Å². The maximum Gasteiger partial charge on any atom is 0.0972 e. The smallest absolute Gasteiger partial charge is 0.0972 e. The van der Waals surface area contributed by atoms with Gasteiger partial charge in [-0.3, -0.25) is 0 Å². The van der Waals surface area contributed by atoms with Crippen molar-refractivity contribution in [2.24, 2.45) is 5.92 Å². The lowest BCUT2D eigenvalue weighted by atomic mass is 10.1. The van der Waals surface area contributed by atoms with Gasteiger partial charge in [0.05, 0.1) is 15.7 Å². The van der Waals surface area contributed by atoms with E-state index in [1.165, 1.54) is 10.6 Å². The molecule has 0 heterocycles. The molecule has 4 heteroatoms. The molecule has 0 unspecified atom stereocenters. The first-order valence-corrected chi connectivity index (χ1v) is 11.5. The molecule has 2 rings (SSSR count). The molecule has 136 valence electrons. The molecular weight excluding hydrogens is 345 g/mol. The van der Waals surface area contributed by atoms with E-state index >= 15 is 0 Å². The second-order valence-corrected chi connectivity index (χ2v) is 11.9. The highest BCUT2D eigenvalue weighted by Crippen LogP contribution is 2.35. The maximum absolute atomic E-state index is 12.6. The second kappa shape index (κ2) is 9.07. The molecule has 0 bridgehead atoms. The van der Waals surface area contributed by atoms with Gasteiger partial charge in [0, 0.05) is 6.04 Å². The SMILES string of the molecule is CC(C)[C@H](CP(c1ccccc1)c1ccccc1)N[S@@](=O)C(C)(C)C. The summed E-state index contributed by atoms with van der Waals surface area (Å²) in [5.74, 6) is 0.420. The van der Waals surface area contributed by atoms with Crippen LogP contribution in [-0.2, 0) is 11.0 Å². The minimum Gasteiger partial charge on any atom is -0.242 e. The minimum atomic E-state index is -1.06. The summed E-state index contributed by atoms with van der Waals surface area (Å²) in [6.45, 7) is 10.5. The number of hydrogen-bond donors (Lipinski definition) is 1. The van der Waals surface area contributed by atoms with Crippen LogP contribution in [0.5, 0.6) is 0 Å². The van der Waals surface area contributed by atoms with E-state index in [1.807, 2.05) is 20.8 Å². The van der Waals surface area contributed by atoms with Crippen LogP contribution in [0.15, 0.2) is 60.7 Å². The first kappa shape index (κ1) is 20.3. The van der Waals surface area contributed by atoms with Crippen molar-refractivity contribution in [3.63, 3.8) is 0 Å². The molecule has 2 atom stereocenters. The van der Waals surface area contributed by atoms with Crippen LogP contribution in [0.25, 0.3) is 0 Å². The number of benzene rings is 2. The molecular formula is C21H30NOPS. The van der Waals surface area contributed by atoms with Crippen LogP contribution in [0.1, 0.15) is 34.6 Å². The van der Waals surface area contributed by atoms with Gasteiger partial charge in [0.2, 0.25) is 0 Å². The van der Waals surface area contributed by atoms with Crippen molar-refractivity contribution in [1.29, 1.82) is 0 Å². The zero-order valence-electron chi connectivity index (χ0n) is 15.9. The topological polar surface area (TPSA) is 29.1 Å². The quantitative estimate of drug-likeness (QED) is 0.722. The molecule has 0 aromatic heterocycles. The van der Waals surface area contributed by atoms with Crippen LogP contribution in [0.2, 0.25) is 0 Å². The Labute approximate surface area is 156 Å². The first-order valence-electron chi connectivity index (χ1n) is 8.84. The van der Waals surface area contributed by atoms with E-state index in [-0.39, 0.29) is 10.8 Å². The van der Waals surface area contributed by atoms with Gasteiger partial charge in [-0.15, -0.1) is 0 Å². The fourth-order valence-corrected chi connectivity index (χ4v) is 6.27. The largest absolute Gasteiger partial charge is 0.242 e. The highest BCUT2D eigenvalue weighted by Gasteiger charge is 2.27. The van der Waals surface area contributed by atoms with Crippen LogP contribution in [0.4, 0.5) is 0 Å². The van der Waals surface area contributed by atoms with Gasteiger partial charge in [0.25, 0.3) is 0 Å². The van der Waals surface area contributed by atoms with E-state index in [9.17, 15) is 4.21 Å². The zero-order valence-corrected chi connectivity index (χ0v) is 17.6. The van der Waals surface area contributed by atoms with E-state index in [1.54, 1.807) is 0 Å². The van der Waals surface area contributed by atoms with Crippen molar-refractivity contribution in [2.75, 3.05) is 6.16 Å². The van der Waals surface area contributed by atoms with Crippen LogP contribution in [0.3, 0.4) is 0 Å². The van der Waals surface area contributed by atoms with Crippen molar-refractivity contribution < 1.29 is 4.21 Å². The van der Waals surface area contributed by atoms with Crippen molar-refractivity contribution in [1.82, 2.24) is 4.72 Å². The molecule has 0 saturated heterocycles. The molecule has 2 aromatic rings. The Kier molecular flexibility index (Phi) is 7.37. The summed E-state index contributed by atoms with van der Waals surface area (Å²) < 4.78 is 15.8. The zero-order chi connectivity index (χ0) is 18.4. The second-order valence-electron chi connectivity index (χ2n) is 7.63. The summed E-state index contributed by atoms with van der Waals surface area (Å²) in [6.07, 6.45) is 0.989. The van der Waals surface area contributed by atoms with E-state index in [0.717, 1.165) is 6.16 Å². The van der Waals surface area contributed by atoms with Crippen molar-refractivity contribution in [3.8, 4) is 0 Å². The molecule has 0 radical (unpaired) electrons. The average molecular weight is 376 g/mol. The molecule has 0 saturated carbocycles. The summed E-state index contributed by atoms with van der Waals surface area (Å²) in [7, 11) is -1.54. The summed E-state index contributed by atoms with van der Waals surface area (Å²) in [5.41, 5.74) is 0. The molecule has 2 nitrogen and oxygen atoms in total. The molecule has 1 N–H and O–H groups in total. The number of hydrogen-bond acceptors (Lipinski definition) is 1. The monoisotopic (exact) mass is 375 g/mol. The lowest BCUT2D eigenvalue weighted by Gasteiger charge is -2.30. The standard InChI is InChI=1S/C21H30NOPS/c1-17(2)20(22-25(23)21(3,4)5)16-24(18-12-8-6-9-13-18)19-14-10-7-11-15-19/h6-15,17,20,22H,16H2,1-5H3/t20-,25-/m0/s1. The summed E-state index contributed by atoms with van der Waals surface area (Å²) in [4.78, 5) is 0. The Morgan fingerprint density at radius 3 is 1.72 bits per heavy atom. The number of rotatable bonds is 7. The van der Waals surface area contributed by atoms with Gasteiger partial charge in [-0.05, 0) is 51.4 Å². The predicted octanol–water partition coefficient (Wildman–Crippen LogP) is 4.20. The fourth-order valence-electron chi connectivity index (χ4n) is 2.47. The summed E-state index contributed by atoms with van der Waals surface area (Å²) >= 11 is 0. The van der Waals surface area contributed by atoms with Gasteiger partial charge in [-0.2, -0.15) is 0 Å². The highest BCUT2D eigenvalue weighted by atomic mass is 32.2. The van der Waals surface area contributed by atoms with Gasteiger partial charge in [-0.1, -0.05) is 74.5 Å². The van der Waals surface area contributed by atoms with E-state index < -0.39 is 18.9 Å². The summed E-state index contributed by atoms with van der Waals surface area (Å²) in [5, 5.41) is 2.75. The van der Waals surface area contributed by atoms with Gasteiger partial charge < -0.3 is 0 Å². The normalized spacial score (nSPS) is 14.7. The Morgan fingerprint density at radius 2 is 1.36 bits per heavy atom. The molecule has 0 amide bonds. The maximum atomic E-state index is 12.6. The van der Waals surface area contributed by atoms with E-state index in [2.05, 4.69) is 79.2 Å². The Hall–Kier alpha value is -1.02. The molecule has 2 aromatic carbocycles. The Morgan fingerprint density at radius 1 is 0.920 bits per heavy atom. The lowest BCUT2D eigenvalue weighted by Crippen LogP contribution is -2.44. The Balaban J connectivity index is 2.29. The van der Waals surface area contributed by atoms with Crippen molar-refractivity contribution >= 4 is 29.5 Å². The van der Waals surface area contributed by atoms with Crippen molar-refractivity contribution in [2.45, 2.75) is 45.4 Å². The Bertz CT molecular complexity index is 628. The molecule has 0 aliphatic heterocycles. The van der Waals surface area contributed by atoms with Crippen LogP contribution >= 0.6 is 7.92 Å². The lowest BCUT2D eigenvalue weighted by molar-refractivity contribution is 0.492. The van der Waals surface area contributed by atoms with Gasteiger partial charge in [0.1, 0.15) is 0 Å². The average Bonchev–Trinajstić information content (AvgIpc) is 2.58. The number of nitrogens with one attached hydrogen (secondary N) is 1. The first-order chi connectivity index (χ1) is 11.8. The fraction of sp³-hybridized carbons (Fsp3) is 0.429. The van der Waals surface area contributed by atoms with Crippen LogP contribution in [-0.4, -0.2) is 21.2 Å². The van der Waals surface area contributed by atoms with E-state index in [4.69, 9.17) is 0 Å². The minimum absolute atomic E-state index is 0.214. The van der Waals surface area contributed by atoms with Gasteiger partial charge >= 0.3 is 0 Å². The third kappa shape index (κ3) is 6.02. The third-order valence-electron chi connectivity index (χ3n) is 4.13.